The molecule has 16 heavy (non-hydrogen) atoms. The van der Waals surface area contributed by atoms with E-state index in [4.69, 9.17) is 18.0 Å². The van der Waals surface area contributed by atoms with Gasteiger partial charge in [-0.05, 0) is 18.9 Å². The molecule has 1 aromatic heterocycles. The maximum Gasteiger partial charge on any atom is 0.239 e. The van der Waals surface area contributed by atoms with E-state index >= 15 is 0 Å². The van der Waals surface area contributed by atoms with Gasteiger partial charge in [-0.2, -0.15) is 0 Å². The first-order valence-electron chi connectivity index (χ1n) is 5.03. The number of amides is 1. The molecule has 0 spiro atoms. The lowest BCUT2D eigenvalue weighted by Crippen LogP contribution is -2.50. The second-order valence-electron chi connectivity index (χ2n) is 3.83. The number of rotatable bonds is 3. The van der Waals surface area contributed by atoms with Crippen molar-refractivity contribution in [1.29, 1.82) is 0 Å². The number of aromatic nitrogens is 2. The molecule has 84 valence electrons. The minimum Gasteiger partial charge on any atom is -0.392 e. The molecule has 2 rings (SSSR count). The van der Waals surface area contributed by atoms with Crippen molar-refractivity contribution in [2.75, 3.05) is 5.32 Å². The largest absolute Gasteiger partial charge is 0.392 e. The van der Waals surface area contributed by atoms with Crippen LogP contribution < -0.4 is 11.1 Å². The minimum absolute atomic E-state index is 0.197. The van der Waals surface area contributed by atoms with Gasteiger partial charge in [0.25, 0.3) is 0 Å². The molecule has 1 saturated carbocycles. The van der Waals surface area contributed by atoms with Crippen LogP contribution >= 0.6 is 12.2 Å². The standard InChI is InChI=1S/C10H12N4OS/c11-7(16)10(3-1-4-10)8(15)14-9-12-5-2-6-13-9/h2,5-6H,1,3-4H2,(H2,11,16)(H,12,13,14,15). The molecule has 1 amide bonds. The zero-order valence-corrected chi connectivity index (χ0v) is 9.46. The average molecular weight is 236 g/mol. The van der Waals surface area contributed by atoms with Crippen molar-refractivity contribution >= 4 is 29.1 Å². The van der Waals surface area contributed by atoms with Crippen LogP contribution in [0.2, 0.25) is 0 Å². The fraction of sp³-hybridized carbons (Fsp3) is 0.400. The van der Waals surface area contributed by atoms with Gasteiger partial charge in [0.1, 0.15) is 0 Å². The Morgan fingerprint density at radius 2 is 2.06 bits per heavy atom. The Kier molecular flexibility index (Phi) is 2.82. The Labute approximate surface area is 98.5 Å². The normalized spacial score (nSPS) is 17.2. The number of nitrogens with two attached hydrogens (primary N) is 1. The van der Waals surface area contributed by atoms with Crippen molar-refractivity contribution in [2.24, 2.45) is 11.1 Å². The van der Waals surface area contributed by atoms with Crippen molar-refractivity contribution in [1.82, 2.24) is 9.97 Å². The molecule has 0 radical (unpaired) electrons. The summed E-state index contributed by atoms with van der Waals surface area (Å²) in [7, 11) is 0. The van der Waals surface area contributed by atoms with E-state index in [-0.39, 0.29) is 16.8 Å². The molecule has 1 heterocycles. The molecule has 0 saturated heterocycles. The van der Waals surface area contributed by atoms with Crippen molar-refractivity contribution in [3.05, 3.63) is 18.5 Å². The minimum atomic E-state index is -0.686. The van der Waals surface area contributed by atoms with Gasteiger partial charge in [-0.3, -0.25) is 10.1 Å². The molecule has 1 aliphatic rings. The number of carbonyl (C=O) groups is 1. The number of nitrogens with zero attached hydrogens (tertiary/aromatic N) is 2. The summed E-state index contributed by atoms with van der Waals surface area (Å²) in [5.74, 6) is 0.0903. The first kappa shape index (κ1) is 10.9. The molecule has 6 heteroatoms. The van der Waals surface area contributed by atoms with Crippen LogP contribution in [-0.4, -0.2) is 20.9 Å². The van der Waals surface area contributed by atoms with E-state index < -0.39 is 5.41 Å². The van der Waals surface area contributed by atoms with Gasteiger partial charge in [0.05, 0.1) is 10.4 Å². The first-order chi connectivity index (χ1) is 7.65. The first-order valence-corrected chi connectivity index (χ1v) is 5.44. The number of nitrogens with one attached hydrogen (secondary N) is 1. The zero-order chi connectivity index (χ0) is 11.6. The predicted molar refractivity (Wildman–Crippen MR) is 63.7 cm³/mol. The smallest absolute Gasteiger partial charge is 0.239 e. The quantitative estimate of drug-likeness (QED) is 0.761. The summed E-state index contributed by atoms with van der Waals surface area (Å²) < 4.78 is 0. The van der Waals surface area contributed by atoms with Crippen molar-refractivity contribution < 1.29 is 4.79 Å². The molecule has 1 aromatic rings. The lowest BCUT2D eigenvalue weighted by atomic mass is 9.68. The molecular formula is C10H12N4OS. The lowest BCUT2D eigenvalue weighted by Gasteiger charge is -2.38. The van der Waals surface area contributed by atoms with Crippen molar-refractivity contribution in [3.63, 3.8) is 0 Å². The van der Waals surface area contributed by atoms with Crippen LogP contribution in [0.4, 0.5) is 5.95 Å². The Balaban J connectivity index is 2.11. The fourth-order valence-corrected chi connectivity index (χ4v) is 2.00. The Morgan fingerprint density at radius 3 is 2.50 bits per heavy atom. The number of hydrogen-bond acceptors (Lipinski definition) is 4. The van der Waals surface area contributed by atoms with Gasteiger partial charge in [-0.25, -0.2) is 9.97 Å². The van der Waals surface area contributed by atoms with Crippen molar-refractivity contribution in [3.8, 4) is 0 Å². The summed E-state index contributed by atoms with van der Waals surface area (Å²) >= 11 is 4.95. The third-order valence-electron chi connectivity index (χ3n) is 2.90. The maximum absolute atomic E-state index is 12.0. The highest BCUT2D eigenvalue weighted by atomic mass is 32.1. The summed E-state index contributed by atoms with van der Waals surface area (Å²) in [5.41, 5.74) is 4.93. The van der Waals surface area contributed by atoms with Crippen LogP contribution in [0.25, 0.3) is 0 Å². The SMILES string of the molecule is NC(=S)C1(C(=O)Nc2ncccn2)CCC1. The Bertz CT molecular complexity index is 416. The molecule has 1 aliphatic carbocycles. The zero-order valence-electron chi connectivity index (χ0n) is 8.64. The van der Waals surface area contributed by atoms with E-state index in [0.717, 1.165) is 6.42 Å². The van der Waals surface area contributed by atoms with E-state index in [0.29, 0.717) is 12.8 Å². The molecule has 0 unspecified atom stereocenters. The van der Waals surface area contributed by atoms with Crippen LogP contribution in [0.5, 0.6) is 0 Å². The second kappa shape index (κ2) is 4.13. The maximum atomic E-state index is 12.0. The van der Waals surface area contributed by atoms with E-state index in [1.807, 2.05) is 0 Å². The van der Waals surface area contributed by atoms with Crippen LogP contribution in [-0.2, 0) is 4.79 Å². The molecule has 0 bridgehead atoms. The van der Waals surface area contributed by atoms with Crippen LogP contribution in [0.1, 0.15) is 19.3 Å². The Hall–Kier alpha value is -1.56. The summed E-state index contributed by atoms with van der Waals surface area (Å²) in [5, 5.41) is 2.64. The monoisotopic (exact) mass is 236 g/mol. The summed E-state index contributed by atoms with van der Waals surface area (Å²) in [6.45, 7) is 0. The Morgan fingerprint density at radius 1 is 1.44 bits per heavy atom. The number of thiocarbonyl (C=S) groups is 1. The molecule has 1 fully saturated rings. The van der Waals surface area contributed by atoms with Gasteiger partial charge >= 0.3 is 0 Å². The molecular weight excluding hydrogens is 224 g/mol. The molecule has 3 N–H and O–H groups in total. The van der Waals surface area contributed by atoms with Gasteiger partial charge in [0, 0.05) is 12.4 Å². The molecule has 5 nitrogen and oxygen atoms in total. The van der Waals surface area contributed by atoms with Gasteiger partial charge in [-0.15, -0.1) is 0 Å². The average Bonchev–Trinajstić information content (AvgIpc) is 2.16. The highest BCUT2D eigenvalue weighted by Crippen LogP contribution is 2.41. The van der Waals surface area contributed by atoms with Crippen molar-refractivity contribution in [2.45, 2.75) is 19.3 Å². The summed E-state index contributed by atoms with van der Waals surface area (Å²) in [6, 6.07) is 1.68. The van der Waals surface area contributed by atoms with E-state index in [2.05, 4.69) is 15.3 Å². The number of carbonyl (C=O) groups excluding carboxylic acids is 1. The summed E-state index contributed by atoms with van der Waals surface area (Å²) in [4.78, 5) is 20.1. The van der Waals surface area contributed by atoms with Gasteiger partial charge < -0.3 is 5.73 Å². The van der Waals surface area contributed by atoms with Crippen LogP contribution in [0.15, 0.2) is 18.5 Å². The highest BCUT2D eigenvalue weighted by Gasteiger charge is 2.47. The lowest BCUT2D eigenvalue weighted by molar-refractivity contribution is -0.125. The molecule has 0 aromatic carbocycles. The van der Waals surface area contributed by atoms with Gasteiger partial charge in [0.15, 0.2) is 0 Å². The third kappa shape index (κ3) is 1.76. The van der Waals surface area contributed by atoms with Crippen LogP contribution in [0, 0.1) is 5.41 Å². The van der Waals surface area contributed by atoms with Gasteiger partial charge in [0.2, 0.25) is 11.9 Å². The van der Waals surface area contributed by atoms with E-state index in [9.17, 15) is 4.79 Å². The third-order valence-corrected chi connectivity index (χ3v) is 3.30. The molecule has 0 atom stereocenters. The number of anilines is 1. The van der Waals surface area contributed by atoms with Crippen LogP contribution in [0.3, 0.4) is 0 Å². The fourth-order valence-electron chi connectivity index (χ4n) is 1.70. The second-order valence-corrected chi connectivity index (χ2v) is 4.27. The van der Waals surface area contributed by atoms with Gasteiger partial charge in [-0.1, -0.05) is 18.6 Å². The topological polar surface area (TPSA) is 80.9 Å². The van der Waals surface area contributed by atoms with E-state index in [1.165, 1.54) is 0 Å². The number of hydrogen-bond donors (Lipinski definition) is 2. The molecule has 0 aliphatic heterocycles. The van der Waals surface area contributed by atoms with E-state index in [1.54, 1.807) is 18.5 Å². The highest BCUT2D eigenvalue weighted by molar-refractivity contribution is 7.80. The predicted octanol–water partition coefficient (Wildman–Crippen LogP) is 0.871. The summed E-state index contributed by atoms with van der Waals surface area (Å²) in [6.07, 6.45) is 5.52.